The van der Waals surface area contributed by atoms with Crippen LogP contribution < -0.4 is 11.1 Å². The lowest BCUT2D eigenvalue weighted by atomic mass is 9.97. The molecule has 116 valence electrons. The molecule has 2 amide bonds. The van der Waals surface area contributed by atoms with Crippen molar-refractivity contribution in [2.75, 3.05) is 26.2 Å². The minimum atomic E-state index is -0.0622. The van der Waals surface area contributed by atoms with Crippen LogP contribution in [0.2, 0.25) is 0 Å². The monoisotopic (exact) mass is 311 g/mol. The minimum Gasteiger partial charge on any atom is -0.352 e. The van der Waals surface area contributed by atoms with Crippen LogP contribution in [-0.2, 0) is 4.79 Å². The minimum absolute atomic E-state index is 0. The third-order valence-electron chi connectivity index (χ3n) is 3.63. The summed E-state index contributed by atoms with van der Waals surface area (Å²) in [7, 11) is 0. The van der Waals surface area contributed by atoms with Crippen LogP contribution in [0, 0.1) is 5.92 Å². The second-order valence-electron chi connectivity index (χ2n) is 5.13. The number of rotatable bonds is 4. The predicted molar refractivity (Wildman–Crippen MR) is 84.4 cm³/mol. The van der Waals surface area contributed by atoms with E-state index in [-0.39, 0.29) is 30.8 Å². The zero-order valence-electron chi connectivity index (χ0n) is 12.0. The Morgan fingerprint density at radius 3 is 2.67 bits per heavy atom. The molecule has 1 aromatic carbocycles. The Morgan fingerprint density at radius 2 is 2.00 bits per heavy atom. The van der Waals surface area contributed by atoms with Gasteiger partial charge in [-0.2, -0.15) is 0 Å². The van der Waals surface area contributed by atoms with Gasteiger partial charge >= 0.3 is 0 Å². The molecular formula is C15H22ClN3O2. The van der Waals surface area contributed by atoms with Gasteiger partial charge in [0.05, 0.1) is 6.54 Å². The molecule has 0 aliphatic carbocycles. The van der Waals surface area contributed by atoms with Crippen molar-refractivity contribution in [2.24, 2.45) is 11.7 Å². The normalized spacial score (nSPS) is 17.8. The number of benzene rings is 1. The number of nitrogens with two attached hydrogens (primary N) is 1. The van der Waals surface area contributed by atoms with Gasteiger partial charge < -0.3 is 16.0 Å². The average Bonchev–Trinajstić information content (AvgIpc) is 2.53. The molecule has 5 nitrogen and oxygen atoms in total. The van der Waals surface area contributed by atoms with Crippen LogP contribution >= 0.6 is 12.4 Å². The Balaban J connectivity index is 0.00000220. The highest BCUT2D eigenvalue weighted by Crippen LogP contribution is 2.15. The Bertz CT molecular complexity index is 467. The molecule has 1 heterocycles. The number of piperidine rings is 1. The maximum atomic E-state index is 11.9. The number of amides is 2. The third kappa shape index (κ3) is 5.02. The average molecular weight is 312 g/mol. The first-order chi connectivity index (χ1) is 9.70. The van der Waals surface area contributed by atoms with Crippen molar-refractivity contribution in [3.8, 4) is 0 Å². The van der Waals surface area contributed by atoms with Crippen molar-refractivity contribution >= 4 is 24.2 Å². The Hall–Kier alpha value is -1.59. The van der Waals surface area contributed by atoms with Gasteiger partial charge in [0.1, 0.15) is 0 Å². The maximum Gasteiger partial charge on any atom is 0.251 e. The number of nitrogens with zero attached hydrogens (tertiary/aromatic N) is 1. The highest BCUT2D eigenvalue weighted by atomic mass is 35.5. The molecule has 3 N–H and O–H groups in total. The summed E-state index contributed by atoms with van der Waals surface area (Å²) in [6.07, 6.45) is 2.00. The number of carbonyl (C=O) groups excluding carboxylic acids is 2. The Morgan fingerprint density at radius 1 is 1.29 bits per heavy atom. The number of hydrogen-bond donors (Lipinski definition) is 2. The van der Waals surface area contributed by atoms with E-state index in [1.807, 2.05) is 18.2 Å². The number of nitrogens with one attached hydrogen (secondary N) is 1. The van der Waals surface area contributed by atoms with Crippen LogP contribution in [0.25, 0.3) is 0 Å². The van der Waals surface area contributed by atoms with E-state index in [1.165, 1.54) is 0 Å². The highest BCUT2D eigenvalue weighted by molar-refractivity contribution is 5.94. The summed E-state index contributed by atoms with van der Waals surface area (Å²) in [6, 6.07) is 9.16. The summed E-state index contributed by atoms with van der Waals surface area (Å²) in [5.41, 5.74) is 6.05. The molecule has 0 spiro atoms. The molecule has 6 heteroatoms. The first-order valence-electron chi connectivity index (χ1n) is 7.02. The SMILES string of the molecule is Cl.NCC(=O)N1CCCC(CNC(=O)c2ccccc2)C1. The first-order valence-corrected chi connectivity index (χ1v) is 7.02. The predicted octanol–water partition coefficient (Wildman–Crippen LogP) is 1.04. The van der Waals surface area contributed by atoms with E-state index < -0.39 is 0 Å². The molecular weight excluding hydrogens is 290 g/mol. The van der Waals surface area contributed by atoms with Gasteiger partial charge in [0.2, 0.25) is 5.91 Å². The van der Waals surface area contributed by atoms with Crippen LogP contribution in [0.5, 0.6) is 0 Å². The van der Waals surface area contributed by atoms with Crippen molar-refractivity contribution in [1.82, 2.24) is 10.2 Å². The van der Waals surface area contributed by atoms with Crippen LogP contribution in [0.4, 0.5) is 0 Å². The van der Waals surface area contributed by atoms with Crippen LogP contribution in [-0.4, -0.2) is 42.9 Å². The first kappa shape index (κ1) is 17.5. The molecule has 1 saturated heterocycles. The van der Waals surface area contributed by atoms with Gasteiger partial charge in [0.25, 0.3) is 5.91 Å². The number of halogens is 1. The van der Waals surface area contributed by atoms with E-state index in [0.717, 1.165) is 19.4 Å². The summed E-state index contributed by atoms with van der Waals surface area (Å²) >= 11 is 0. The van der Waals surface area contributed by atoms with Gasteiger partial charge in [-0.1, -0.05) is 18.2 Å². The number of hydrogen-bond acceptors (Lipinski definition) is 3. The molecule has 2 rings (SSSR count). The molecule has 1 aliphatic rings. The standard InChI is InChI=1S/C15H21N3O2.ClH/c16-9-14(19)18-8-4-5-12(11-18)10-17-15(20)13-6-2-1-3-7-13;/h1-3,6-7,12H,4-5,8-11,16H2,(H,17,20);1H. The third-order valence-corrected chi connectivity index (χ3v) is 3.63. The molecule has 21 heavy (non-hydrogen) atoms. The van der Waals surface area contributed by atoms with Gasteiger partial charge in [0.15, 0.2) is 0 Å². The molecule has 0 saturated carbocycles. The fourth-order valence-corrected chi connectivity index (χ4v) is 2.52. The van der Waals surface area contributed by atoms with Crippen molar-refractivity contribution in [3.63, 3.8) is 0 Å². The summed E-state index contributed by atoms with van der Waals surface area (Å²) in [5.74, 6) is 0.240. The van der Waals surface area contributed by atoms with Gasteiger partial charge in [-0.3, -0.25) is 9.59 Å². The number of carbonyl (C=O) groups is 2. The summed E-state index contributed by atoms with van der Waals surface area (Å²) in [5, 5.41) is 2.94. The lowest BCUT2D eigenvalue weighted by molar-refractivity contribution is -0.131. The molecule has 1 unspecified atom stereocenters. The Labute approximate surface area is 131 Å². The van der Waals surface area contributed by atoms with Crippen LogP contribution in [0.3, 0.4) is 0 Å². The highest BCUT2D eigenvalue weighted by Gasteiger charge is 2.23. The molecule has 0 radical (unpaired) electrons. The molecule has 1 aliphatic heterocycles. The lowest BCUT2D eigenvalue weighted by Gasteiger charge is -2.32. The molecule has 1 fully saturated rings. The van der Waals surface area contributed by atoms with E-state index in [0.29, 0.717) is 24.6 Å². The van der Waals surface area contributed by atoms with Crippen LogP contribution in [0.15, 0.2) is 30.3 Å². The molecule has 1 atom stereocenters. The fraction of sp³-hybridized carbons (Fsp3) is 0.467. The quantitative estimate of drug-likeness (QED) is 0.872. The molecule has 0 bridgehead atoms. The molecule has 0 aromatic heterocycles. The lowest BCUT2D eigenvalue weighted by Crippen LogP contribution is -2.45. The zero-order valence-corrected chi connectivity index (χ0v) is 12.8. The van der Waals surface area contributed by atoms with E-state index >= 15 is 0 Å². The van der Waals surface area contributed by atoms with Crippen LogP contribution in [0.1, 0.15) is 23.2 Å². The smallest absolute Gasteiger partial charge is 0.251 e. The van der Waals surface area contributed by atoms with Crippen molar-refractivity contribution in [3.05, 3.63) is 35.9 Å². The summed E-state index contributed by atoms with van der Waals surface area (Å²) < 4.78 is 0. The second kappa shape index (κ2) is 8.64. The summed E-state index contributed by atoms with van der Waals surface area (Å²) in [6.45, 7) is 2.12. The van der Waals surface area contributed by atoms with E-state index in [4.69, 9.17) is 5.73 Å². The topological polar surface area (TPSA) is 75.4 Å². The van der Waals surface area contributed by atoms with E-state index in [1.54, 1.807) is 17.0 Å². The van der Waals surface area contributed by atoms with Crippen molar-refractivity contribution < 1.29 is 9.59 Å². The largest absolute Gasteiger partial charge is 0.352 e. The zero-order chi connectivity index (χ0) is 14.4. The van der Waals surface area contributed by atoms with Gasteiger partial charge in [-0.25, -0.2) is 0 Å². The second-order valence-corrected chi connectivity index (χ2v) is 5.13. The molecule has 1 aromatic rings. The number of likely N-dealkylation sites (tertiary alicyclic amines) is 1. The maximum absolute atomic E-state index is 11.9. The summed E-state index contributed by atoms with van der Waals surface area (Å²) in [4.78, 5) is 25.3. The fourth-order valence-electron chi connectivity index (χ4n) is 2.52. The van der Waals surface area contributed by atoms with Crippen molar-refractivity contribution in [1.29, 1.82) is 0 Å². The van der Waals surface area contributed by atoms with Gasteiger partial charge in [-0.05, 0) is 30.9 Å². The Kier molecular flexibility index (Phi) is 7.19. The van der Waals surface area contributed by atoms with E-state index in [9.17, 15) is 9.59 Å². The van der Waals surface area contributed by atoms with E-state index in [2.05, 4.69) is 5.32 Å². The van der Waals surface area contributed by atoms with Gasteiger partial charge in [0, 0.05) is 25.2 Å². The van der Waals surface area contributed by atoms with Crippen molar-refractivity contribution in [2.45, 2.75) is 12.8 Å². The van der Waals surface area contributed by atoms with Gasteiger partial charge in [-0.15, -0.1) is 12.4 Å².